The molecular weight excluding hydrogens is 336 g/mol. The SMILES string of the molecule is COC(=O)CN1C(=O)NC(=Cc2cc(C)n(-c3ccccn3)c2C)C1=O. The summed E-state index contributed by atoms with van der Waals surface area (Å²) in [6.07, 6.45) is 3.30. The highest BCUT2D eigenvalue weighted by molar-refractivity contribution is 6.15. The second kappa shape index (κ2) is 6.83. The molecule has 26 heavy (non-hydrogen) atoms. The number of rotatable bonds is 4. The summed E-state index contributed by atoms with van der Waals surface area (Å²) in [5, 5.41) is 2.49. The van der Waals surface area contributed by atoms with Gasteiger partial charge in [-0.2, -0.15) is 0 Å². The Morgan fingerprint density at radius 2 is 2.08 bits per heavy atom. The zero-order valence-electron chi connectivity index (χ0n) is 14.6. The van der Waals surface area contributed by atoms with Crippen LogP contribution in [0.2, 0.25) is 0 Å². The van der Waals surface area contributed by atoms with Crippen molar-refractivity contribution in [1.82, 2.24) is 19.8 Å². The van der Waals surface area contributed by atoms with Crippen LogP contribution in [0.3, 0.4) is 0 Å². The molecule has 0 atom stereocenters. The molecule has 1 saturated heterocycles. The summed E-state index contributed by atoms with van der Waals surface area (Å²) in [5.41, 5.74) is 2.70. The Morgan fingerprint density at radius 1 is 1.31 bits per heavy atom. The molecule has 1 aliphatic rings. The van der Waals surface area contributed by atoms with Crippen molar-refractivity contribution in [1.29, 1.82) is 0 Å². The third kappa shape index (κ3) is 3.08. The summed E-state index contributed by atoms with van der Waals surface area (Å²) in [4.78, 5) is 40.9. The van der Waals surface area contributed by atoms with Crippen LogP contribution in [0.1, 0.15) is 17.0 Å². The van der Waals surface area contributed by atoms with E-state index in [1.807, 2.05) is 42.7 Å². The number of hydrogen-bond acceptors (Lipinski definition) is 5. The Balaban J connectivity index is 1.93. The maximum Gasteiger partial charge on any atom is 0.329 e. The predicted octanol–water partition coefficient (Wildman–Crippen LogP) is 1.55. The van der Waals surface area contributed by atoms with Crippen LogP contribution in [-0.4, -0.2) is 46.0 Å². The van der Waals surface area contributed by atoms with Crippen LogP contribution in [0, 0.1) is 13.8 Å². The van der Waals surface area contributed by atoms with Gasteiger partial charge in [-0.25, -0.2) is 14.7 Å². The van der Waals surface area contributed by atoms with E-state index in [4.69, 9.17) is 0 Å². The lowest BCUT2D eigenvalue weighted by atomic mass is 10.2. The molecule has 8 heteroatoms. The van der Waals surface area contributed by atoms with E-state index >= 15 is 0 Å². The Bertz CT molecular complexity index is 915. The zero-order valence-corrected chi connectivity index (χ0v) is 14.6. The standard InChI is InChI=1S/C18H18N4O4/c1-11-8-13(12(2)22(11)15-6-4-5-7-19-15)9-14-17(24)21(18(25)20-14)10-16(23)26-3/h4-9H,10H2,1-3H3,(H,20,25). The van der Waals surface area contributed by atoms with Gasteiger partial charge in [0, 0.05) is 17.6 Å². The average molecular weight is 354 g/mol. The van der Waals surface area contributed by atoms with Gasteiger partial charge in [0.25, 0.3) is 5.91 Å². The fourth-order valence-corrected chi connectivity index (χ4v) is 2.84. The maximum atomic E-state index is 12.4. The highest BCUT2D eigenvalue weighted by atomic mass is 16.5. The van der Waals surface area contributed by atoms with Crippen molar-refractivity contribution in [3.63, 3.8) is 0 Å². The van der Waals surface area contributed by atoms with E-state index in [2.05, 4.69) is 15.0 Å². The molecule has 0 aliphatic carbocycles. The summed E-state index contributed by atoms with van der Waals surface area (Å²) in [6.45, 7) is 3.41. The molecule has 1 fully saturated rings. The lowest BCUT2D eigenvalue weighted by Crippen LogP contribution is -2.36. The molecule has 0 spiro atoms. The van der Waals surface area contributed by atoms with Crippen LogP contribution in [-0.2, 0) is 14.3 Å². The van der Waals surface area contributed by atoms with Gasteiger partial charge in [0.05, 0.1) is 7.11 Å². The first-order valence-electron chi connectivity index (χ1n) is 7.94. The molecular formula is C18H18N4O4. The number of carbonyl (C=O) groups excluding carboxylic acids is 3. The van der Waals surface area contributed by atoms with E-state index in [-0.39, 0.29) is 5.70 Å². The Morgan fingerprint density at radius 3 is 2.73 bits per heavy atom. The first-order chi connectivity index (χ1) is 12.4. The minimum absolute atomic E-state index is 0.111. The molecule has 3 heterocycles. The van der Waals surface area contributed by atoms with E-state index in [1.54, 1.807) is 12.3 Å². The first-order valence-corrected chi connectivity index (χ1v) is 7.94. The number of aryl methyl sites for hydroxylation is 1. The molecule has 8 nitrogen and oxygen atoms in total. The number of carbonyl (C=O) groups is 3. The van der Waals surface area contributed by atoms with Gasteiger partial charge in [-0.3, -0.25) is 9.59 Å². The van der Waals surface area contributed by atoms with E-state index in [0.717, 1.165) is 27.7 Å². The van der Waals surface area contributed by atoms with E-state index in [0.29, 0.717) is 0 Å². The quantitative estimate of drug-likeness (QED) is 0.511. The number of methoxy groups -OCH3 is 1. The molecule has 0 radical (unpaired) electrons. The van der Waals surface area contributed by atoms with E-state index in [9.17, 15) is 14.4 Å². The van der Waals surface area contributed by atoms with Gasteiger partial charge in [0.1, 0.15) is 18.1 Å². The molecule has 1 aliphatic heterocycles. The number of nitrogens with zero attached hydrogens (tertiary/aromatic N) is 3. The number of hydrogen-bond donors (Lipinski definition) is 1. The normalized spacial score (nSPS) is 15.5. The van der Waals surface area contributed by atoms with Gasteiger partial charge in [0.2, 0.25) is 0 Å². The minimum Gasteiger partial charge on any atom is -0.468 e. The minimum atomic E-state index is -0.664. The summed E-state index contributed by atoms with van der Waals surface area (Å²) in [7, 11) is 1.20. The van der Waals surface area contributed by atoms with Gasteiger partial charge in [0.15, 0.2) is 0 Å². The monoisotopic (exact) mass is 354 g/mol. The molecule has 0 bridgehead atoms. The number of imide groups is 1. The molecule has 3 rings (SSSR count). The fraction of sp³-hybridized carbons (Fsp3) is 0.222. The number of pyridine rings is 1. The summed E-state index contributed by atoms with van der Waals surface area (Å²) in [5.74, 6) is -0.465. The lowest BCUT2D eigenvalue weighted by Gasteiger charge is -2.09. The van der Waals surface area contributed by atoms with Crippen LogP contribution in [0.5, 0.6) is 0 Å². The summed E-state index contributed by atoms with van der Waals surface area (Å²) >= 11 is 0. The van der Waals surface area contributed by atoms with Gasteiger partial charge in [-0.15, -0.1) is 0 Å². The van der Waals surface area contributed by atoms with Gasteiger partial charge in [-0.1, -0.05) is 6.07 Å². The Kier molecular flexibility index (Phi) is 4.57. The van der Waals surface area contributed by atoms with E-state index < -0.39 is 24.5 Å². The van der Waals surface area contributed by atoms with Crippen molar-refractivity contribution in [2.75, 3.05) is 13.7 Å². The predicted molar refractivity (Wildman–Crippen MR) is 93.3 cm³/mol. The van der Waals surface area contributed by atoms with Gasteiger partial charge < -0.3 is 14.6 Å². The lowest BCUT2D eigenvalue weighted by molar-refractivity contribution is -0.143. The van der Waals surface area contributed by atoms with Crippen LogP contribution in [0.15, 0.2) is 36.2 Å². The van der Waals surface area contributed by atoms with Gasteiger partial charge >= 0.3 is 12.0 Å². The van der Waals surface area contributed by atoms with E-state index in [1.165, 1.54) is 7.11 Å². The number of esters is 1. The highest BCUT2D eigenvalue weighted by Crippen LogP contribution is 2.23. The van der Waals surface area contributed by atoms with Crippen LogP contribution < -0.4 is 5.32 Å². The van der Waals surface area contributed by atoms with Crippen molar-refractivity contribution >= 4 is 24.0 Å². The van der Waals surface area contributed by atoms with Crippen LogP contribution >= 0.6 is 0 Å². The topological polar surface area (TPSA) is 93.5 Å². The highest BCUT2D eigenvalue weighted by Gasteiger charge is 2.35. The van der Waals surface area contributed by atoms with Crippen molar-refractivity contribution in [3.05, 3.63) is 53.1 Å². The molecule has 2 aromatic heterocycles. The van der Waals surface area contributed by atoms with Crippen molar-refractivity contribution in [3.8, 4) is 5.82 Å². The molecule has 3 amide bonds. The molecule has 0 saturated carbocycles. The third-order valence-electron chi connectivity index (χ3n) is 4.13. The summed E-state index contributed by atoms with van der Waals surface area (Å²) in [6, 6.07) is 6.87. The first kappa shape index (κ1) is 17.4. The van der Waals surface area contributed by atoms with Gasteiger partial charge in [-0.05, 0) is 43.7 Å². The van der Waals surface area contributed by atoms with Crippen LogP contribution in [0.25, 0.3) is 11.9 Å². The van der Waals surface area contributed by atoms with Crippen LogP contribution in [0.4, 0.5) is 4.79 Å². The second-order valence-electron chi connectivity index (χ2n) is 5.81. The smallest absolute Gasteiger partial charge is 0.329 e. The third-order valence-corrected chi connectivity index (χ3v) is 4.13. The number of aromatic nitrogens is 2. The van der Waals surface area contributed by atoms with Crippen molar-refractivity contribution in [2.45, 2.75) is 13.8 Å². The number of amides is 3. The van der Waals surface area contributed by atoms with Crippen molar-refractivity contribution in [2.24, 2.45) is 0 Å². The summed E-state index contributed by atoms with van der Waals surface area (Å²) < 4.78 is 6.47. The molecule has 0 aromatic carbocycles. The zero-order chi connectivity index (χ0) is 18.8. The van der Waals surface area contributed by atoms with Crippen molar-refractivity contribution < 1.29 is 19.1 Å². The molecule has 0 unspecified atom stereocenters. The number of urea groups is 1. The maximum absolute atomic E-state index is 12.4. The second-order valence-corrected chi connectivity index (χ2v) is 5.81. The Hall–Kier alpha value is -3.42. The number of nitrogens with one attached hydrogen (secondary N) is 1. The number of ether oxygens (including phenoxy) is 1. The largest absolute Gasteiger partial charge is 0.468 e. The average Bonchev–Trinajstić information content (AvgIpc) is 3.05. The molecule has 134 valence electrons. The Labute approximate surface area is 150 Å². The molecule has 1 N–H and O–H groups in total. The fourth-order valence-electron chi connectivity index (χ4n) is 2.84. The molecule has 2 aromatic rings.